The molecular weight excluding hydrogens is 294 g/mol. The third kappa shape index (κ3) is 3.00. The number of methoxy groups -OCH3 is 2. The molecule has 0 saturated heterocycles. The Labute approximate surface area is 133 Å². The molecule has 0 amide bonds. The number of hydrogen-bond acceptors (Lipinski definition) is 6. The largest absolute Gasteiger partial charge is 0.493 e. The van der Waals surface area contributed by atoms with Crippen molar-refractivity contribution in [1.29, 1.82) is 0 Å². The molecule has 0 saturated carbocycles. The maximum atomic E-state index is 6.27. The van der Waals surface area contributed by atoms with E-state index in [-0.39, 0.29) is 0 Å². The van der Waals surface area contributed by atoms with Crippen LogP contribution in [0.15, 0.2) is 42.6 Å². The lowest BCUT2D eigenvalue weighted by molar-refractivity contribution is 0.354. The topological polar surface area (TPSA) is 98.9 Å². The molecule has 3 rings (SSSR count). The fourth-order valence-electron chi connectivity index (χ4n) is 2.23. The van der Waals surface area contributed by atoms with Crippen molar-refractivity contribution in [3.63, 3.8) is 0 Å². The zero-order chi connectivity index (χ0) is 16.2. The van der Waals surface area contributed by atoms with Crippen molar-refractivity contribution in [2.45, 2.75) is 6.04 Å². The summed E-state index contributed by atoms with van der Waals surface area (Å²) in [5.41, 5.74) is 7.80. The highest BCUT2D eigenvalue weighted by Gasteiger charge is 2.17. The first-order valence-corrected chi connectivity index (χ1v) is 7.04. The summed E-state index contributed by atoms with van der Waals surface area (Å²) < 4.78 is 10.5. The molecule has 1 aromatic carbocycles. The second-order valence-electron chi connectivity index (χ2n) is 4.85. The van der Waals surface area contributed by atoms with Gasteiger partial charge in [0.2, 0.25) is 0 Å². The normalized spacial score (nSPS) is 12.0. The van der Waals surface area contributed by atoms with Gasteiger partial charge in [-0.25, -0.2) is 4.98 Å². The number of H-pyrrole nitrogens is 1. The third-order valence-corrected chi connectivity index (χ3v) is 3.46. The van der Waals surface area contributed by atoms with Gasteiger partial charge in [-0.3, -0.25) is 10.1 Å². The monoisotopic (exact) mass is 311 g/mol. The van der Waals surface area contributed by atoms with E-state index in [4.69, 9.17) is 15.2 Å². The first-order chi connectivity index (χ1) is 11.2. The number of aromatic amines is 1. The van der Waals surface area contributed by atoms with Crippen molar-refractivity contribution in [1.82, 2.24) is 20.2 Å². The van der Waals surface area contributed by atoms with Crippen LogP contribution in [-0.4, -0.2) is 34.4 Å². The van der Waals surface area contributed by atoms with Gasteiger partial charge in [-0.1, -0.05) is 12.1 Å². The van der Waals surface area contributed by atoms with Gasteiger partial charge < -0.3 is 15.2 Å². The maximum Gasteiger partial charge on any atom is 0.199 e. The Morgan fingerprint density at radius 3 is 2.61 bits per heavy atom. The van der Waals surface area contributed by atoms with Crippen LogP contribution >= 0.6 is 0 Å². The Kier molecular flexibility index (Phi) is 4.20. The Morgan fingerprint density at radius 1 is 1.09 bits per heavy atom. The summed E-state index contributed by atoms with van der Waals surface area (Å²) in [6, 6.07) is 10.6. The van der Waals surface area contributed by atoms with Gasteiger partial charge in [0.25, 0.3) is 0 Å². The molecule has 0 aliphatic rings. The average Bonchev–Trinajstić information content (AvgIpc) is 3.11. The number of nitrogens with one attached hydrogen (secondary N) is 1. The van der Waals surface area contributed by atoms with Gasteiger partial charge in [0.15, 0.2) is 17.3 Å². The van der Waals surface area contributed by atoms with Gasteiger partial charge in [-0.05, 0) is 29.8 Å². The second-order valence-corrected chi connectivity index (χ2v) is 4.85. The van der Waals surface area contributed by atoms with Crippen LogP contribution in [0, 0.1) is 0 Å². The maximum absolute atomic E-state index is 6.27. The fourth-order valence-corrected chi connectivity index (χ4v) is 2.23. The fraction of sp³-hybridized carbons (Fsp3) is 0.188. The molecule has 1 atom stereocenters. The first kappa shape index (κ1) is 15.0. The van der Waals surface area contributed by atoms with Gasteiger partial charge >= 0.3 is 0 Å². The highest BCUT2D eigenvalue weighted by atomic mass is 16.5. The van der Waals surface area contributed by atoms with Crippen LogP contribution in [0.5, 0.6) is 11.5 Å². The molecule has 0 spiro atoms. The van der Waals surface area contributed by atoms with Crippen LogP contribution in [0.2, 0.25) is 0 Å². The summed E-state index contributed by atoms with van der Waals surface area (Å²) in [4.78, 5) is 8.65. The number of pyridine rings is 1. The number of aromatic nitrogens is 4. The lowest BCUT2D eigenvalue weighted by Crippen LogP contribution is -2.14. The highest BCUT2D eigenvalue weighted by Crippen LogP contribution is 2.30. The smallest absolute Gasteiger partial charge is 0.199 e. The molecule has 7 heteroatoms. The Hall–Kier alpha value is -2.93. The number of benzene rings is 1. The molecule has 0 aliphatic carbocycles. The Balaban J connectivity index is 1.89. The SMILES string of the molecule is COc1ccc(C(N)c2nc(-c3ccccn3)n[nH]2)cc1OC. The van der Waals surface area contributed by atoms with Crippen molar-refractivity contribution in [2.24, 2.45) is 5.73 Å². The molecule has 118 valence electrons. The minimum atomic E-state index is -0.459. The Morgan fingerprint density at radius 2 is 1.91 bits per heavy atom. The van der Waals surface area contributed by atoms with Crippen molar-refractivity contribution in [3.8, 4) is 23.0 Å². The van der Waals surface area contributed by atoms with Gasteiger partial charge in [0, 0.05) is 6.20 Å². The average molecular weight is 311 g/mol. The molecular formula is C16H17N5O2. The van der Waals surface area contributed by atoms with Crippen molar-refractivity contribution in [3.05, 3.63) is 54.0 Å². The number of hydrogen-bond donors (Lipinski definition) is 2. The van der Waals surface area contributed by atoms with Crippen LogP contribution in [0.4, 0.5) is 0 Å². The highest BCUT2D eigenvalue weighted by molar-refractivity contribution is 5.49. The summed E-state index contributed by atoms with van der Waals surface area (Å²) in [5, 5.41) is 7.05. The van der Waals surface area contributed by atoms with Gasteiger partial charge in [-0.2, -0.15) is 5.10 Å². The number of nitrogens with zero attached hydrogens (tertiary/aromatic N) is 3. The van der Waals surface area contributed by atoms with Crippen LogP contribution in [0.25, 0.3) is 11.5 Å². The minimum absolute atomic E-state index is 0.459. The summed E-state index contributed by atoms with van der Waals surface area (Å²) in [7, 11) is 3.17. The predicted molar refractivity (Wildman–Crippen MR) is 85.2 cm³/mol. The Bertz CT molecular complexity index is 788. The van der Waals surface area contributed by atoms with Crippen molar-refractivity contribution >= 4 is 0 Å². The lowest BCUT2D eigenvalue weighted by Gasteiger charge is -2.12. The molecule has 1 unspecified atom stereocenters. The summed E-state index contributed by atoms with van der Waals surface area (Å²) >= 11 is 0. The second kappa shape index (κ2) is 6.45. The van der Waals surface area contributed by atoms with Crippen molar-refractivity contribution in [2.75, 3.05) is 14.2 Å². The third-order valence-electron chi connectivity index (χ3n) is 3.46. The standard InChI is InChI=1S/C16H17N5O2/c1-22-12-7-6-10(9-13(12)23-2)14(17)16-19-15(20-21-16)11-5-3-4-8-18-11/h3-9,14H,17H2,1-2H3,(H,19,20,21). The van der Waals surface area contributed by atoms with E-state index in [1.165, 1.54) is 0 Å². The lowest BCUT2D eigenvalue weighted by atomic mass is 10.1. The zero-order valence-corrected chi connectivity index (χ0v) is 12.9. The number of nitrogens with two attached hydrogens (primary N) is 1. The molecule has 2 aromatic heterocycles. The molecule has 3 aromatic rings. The van der Waals surface area contributed by atoms with Crippen LogP contribution < -0.4 is 15.2 Å². The number of rotatable bonds is 5. The van der Waals surface area contributed by atoms with Gasteiger partial charge in [0.1, 0.15) is 11.5 Å². The van der Waals surface area contributed by atoms with Gasteiger partial charge in [-0.15, -0.1) is 0 Å². The van der Waals surface area contributed by atoms with E-state index in [9.17, 15) is 0 Å². The van der Waals surface area contributed by atoms with E-state index >= 15 is 0 Å². The van der Waals surface area contributed by atoms with E-state index in [0.29, 0.717) is 28.8 Å². The molecule has 0 bridgehead atoms. The summed E-state index contributed by atoms with van der Waals surface area (Å²) in [6.45, 7) is 0. The zero-order valence-electron chi connectivity index (χ0n) is 12.9. The predicted octanol–water partition coefficient (Wildman–Crippen LogP) is 1.93. The molecule has 0 radical (unpaired) electrons. The van der Waals surface area contributed by atoms with E-state index in [1.54, 1.807) is 20.4 Å². The quantitative estimate of drug-likeness (QED) is 0.747. The van der Waals surface area contributed by atoms with E-state index < -0.39 is 6.04 Å². The van der Waals surface area contributed by atoms with Crippen LogP contribution in [0.1, 0.15) is 17.4 Å². The molecule has 7 nitrogen and oxygen atoms in total. The summed E-state index contributed by atoms with van der Waals surface area (Å²) in [5.74, 6) is 2.33. The van der Waals surface area contributed by atoms with Gasteiger partial charge in [0.05, 0.1) is 20.3 Å². The minimum Gasteiger partial charge on any atom is -0.493 e. The molecule has 0 fully saturated rings. The molecule has 23 heavy (non-hydrogen) atoms. The molecule has 0 aliphatic heterocycles. The first-order valence-electron chi connectivity index (χ1n) is 7.04. The molecule has 3 N–H and O–H groups in total. The van der Waals surface area contributed by atoms with Crippen molar-refractivity contribution < 1.29 is 9.47 Å². The van der Waals surface area contributed by atoms with Crippen LogP contribution in [-0.2, 0) is 0 Å². The van der Waals surface area contributed by atoms with E-state index in [2.05, 4.69) is 20.2 Å². The number of ether oxygens (including phenoxy) is 2. The van der Waals surface area contributed by atoms with Crippen LogP contribution in [0.3, 0.4) is 0 Å². The van der Waals surface area contributed by atoms with E-state index in [1.807, 2.05) is 36.4 Å². The molecule has 2 heterocycles. The summed E-state index contributed by atoms with van der Waals surface area (Å²) in [6.07, 6.45) is 1.69. The van der Waals surface area contributed by atoms with E-state index in [0.717, 1.165) is 5.56 Å².